The molecule has 1 aliphatic rings. The van der Waals surface area contributed by atoms with E-state index >= 15 is 0 Å². The summed E-state index contributed by atoms with van der Waals surface area (Å²) in [5.41, 5.74) is 6.74. The van der Waals surface area contributed by atoms with Crippen LogP contribution in [0, 0.1) is 5.92 Å². The van der Waals surface area contributed by atoms with Crippen LogP contribution in [0.1, 0.15) is 19.3 Å². The Hall–Kier alpha value is -1.20. The molecule has 0 aromatic carbocycles. The molecule has 4 nitrogen and oxygen atoms in total. The van der Waals surface area contributed by atoms with E-state index in [9.17, 15) is 0 Å². The molecule has 1 unspecified atom stereocenters. The lowest BCUT2D eigenvalue weighted by Gasteiger charge is -2.33. The standard InChI is InChI=1S/C13H18N4S/c14-5-3-10-2-1-6-17(8-10)13-12-11(4-7-18-12)15-9-16-13/h4,7,9-10H,1-3,5-6,8,14H2. The molecule has 3 rings (SSSR count). The number of aromatic nitrogens is 2. The highest BCUT2D eigenvalue weighted by Gasteiger charge is 2.22. The summed E-state index contributed by atoms with van der Waals surface area (Å²) in [4.78, 5) is 11.2. The fourth-order valence-corrected chi connectivity index (χ4v) is 3.59. The molecule has 2 N–H and O–H groups in total. The number of nitrogens with zero attached hydrogens (tertiary/aromatic N) is 3. The molecule has 0 spiro atoms. The Morgan fingerprint density at radius 1 is 1.44 bits per heavy atom. The van der Waals surface area contributed by atoms with Crippen molar-refractivity contribution in [3.05, 3.63) is 17.8 Å². The summed E-state index contributed by atoms with van der Waals surface area (Å²) in [5, 5.41) is 2.09. The molecule has 18 heavy (non-hydrogen) atoms. The molecule has 0 radical (unpaired) electrons. The minimum atomic E-state index is 0.716. The van der Waals surface area contributed by atoms with Crippen LogP contribution in [-0.2, 0) is 0 Å². The van der Waals surface area contributed by atoms with Gasteiger partial charge in [-0.05, 0) is 43.2 Å². The molecule has 96 valence electrons. The van der Waals surface area contributed by atoms with Gasteiger partial charge in [-0.3, -0.25) is 0 Å². The molecule has 1 aliphatic heterocycles. The Kier molecular flexibility index (Phi) is 3.43. The van der Waals surface area contributed by atoms with Gasteiger partial charge in [0.15, 0.2) is 0 Å². The Balaban J connectivity index is 1.87. The first-order valence-electron chi connectivity index (χ1n) is 6.51. The van der Waals surface area contributed by atoms with Crippen molar-refractivity contribution in [3.8, 4) is 0 Å². The van der Waals surface area contributed by atoms with Gasteiger partial charge in [0.25, 0.3) is 0 Å². The molecule has 0 amide bonds. The lowest BCUT2D eigenvalue weighted by atomic mass is 9.95. The minimum Gasteiger partial charge on any atom is -0.355 e. The molecule has 0 bridgehead atoms. The van der Waals surface area contributed by atoms with E-state index in [1.165, 1.54) is 17.5 Å². The predicted octanol–water partition coefficient (Wildman–Crippen LogP) is 2.26. The van der Waals surface area contributed by atoms with Crippen LogP contribution >= 0.6 is 11.3 Å². The van der Waals surface area contributed by atoms with Crippen molar-refractivity contribution < 1.29 is 0 Å². The first-order valence-corrected chi connectivity index (χ1v) is 7.39. The SMILES string of the molecule is NCCC1CCCN(c2ncnc3ccsc23)C1. The molecule has 1 saturated heterocycles. The molecule has 3 heterocycles. The fourth-order valence-electron chi connectivity index (χ4n) is 2.73. The van der Waals surface area contributed by atoms with Gasteiger partial charge in [-0.15, -0.1) is 11.3 Å². The van der Waals surface area contributed by atoms with Crippen LogP contribution in [0.4, 0.5) is 5.82 Å². The normalized spacial score (nSPS) is 20.5. The zero-order valence-electron chi connectivity index (χ0n) is 10.4. The predicted molar refractivity (Wildman–Crippen MR) is 76.0 cm³/mol. The average Bonchev–Trinajstić information content (AvgIpc) is 2.87. The fraction of sp³-hybridized carbons (Fsp3) is 0.538. The zero-order valence-corrected chi connectivity index (χ0v) is 11.2. The van der Waals surface area contributed by atoms with Crippen LogP contribution < -0.4 is 10.6 Å². The van der Waals surface area contributed by atoms with Gasteiger partial charge >= 0.3 is 0 Å². The smallest absolute Gasteiger partial charge is 0.150 e. The highest BCUT2D eigenvalue weighted by atomic mass is 32.1. The van der Waals surface area contributed by atoms with Gasteiger partial charge in [0.2, 0.25) is 0 Å². The maximum atomic E-state index is 5.68. The van der Waals surface area contributed by atoms with Crippen molar-refractivity contribution in [1.29, 1.82) is 0 Å². The van der Waals surface area contributed by atoms with Gasteiger partial charge in [-0.25, -0.2) is 9.97 Å². The third kappa shape index (κ3) is 2.20. The number of fused-ring (bicyclic) bond motifs is 1. The lowest BCUT2D eigenvalue weighted by molar-refractivity contribution is 0.395. The molecule has 2 aromatic heterocycles. The maximum Gasteiger partial charge on any atom is 0.150 e. The molecule has 1 fully saturated rings. The third-order valence-corrected chi connectivity index (χ3v) is 4.52. The first-order chi connectivity index (χ1) is 8.88. The van der Waals surface area contributed by atoms with E-state index in [4.69, 9.17) is 5.73 Å². The van der Waals surface area contributed by atoms with Crippen LogP contribution in [-0.4, -0.2) is 29.6 Å². The van der Waals surface area contributed by atoms with Gasteiger partial charge in [0.05, 0.1) is 10.2 Å². The summed E-state index contributed by atoms with van der Waals surface area (Å²) in [6.07, 6.45) is 5.33. The van der Waals surface area contributed by atoms with Gasteiger partial charge in [-0.2, -0.15) is 0 Å². The van der Waals surface area contributed by atoms with E-state index in [1.54, 1.807) is 17.7 Å². The van der Waals surface area contributed by atoms with Crippen LogP contribution in [0.5, 0.6) is 0 Å². The monoisotopic (exact) mass is 262 g/mol. The van der Waals surface area contributed by atoms with Crippen molar-refractivity contribution in [3.63, 3.8) is 0 Å². The zero-order chi connectivity index (χ0) is 12.4. The summed E-state index contributed by atoms with van der Waals surface area (Å²) in [6, 6.07) is 2.06. The maximum absolute atomic E-state index is 5.68. The average molecular weight is 262 g/mol. The Morgan fingerprint density at radius 3 is 3.28 bits per heavy atom. The molecule has 1 atom stereocenters. The molecular weight excluding hydrogens is 244 g/mol. The van der Waals surface area contributed by atoms with Crippen LogP contribution in [0.15, 0.2) is 17.8 Å². The van der Waals surface area contributed by atoms with Crippen molar-refractivity contribution >= 4 is 27.4 Å². The summed E-state index contributed by atoms with van der Waals surface area (Å²) >= 11 is 1.73. The Labute approximate surface area is 111 Å². The van der Waals surface area contributed by atoms with Crippen LogP contribution in [0.3, 0.4) is 0 Å². The lowest BCUT2D eigenvalue weighted by Crippen LogP contribution is -2.36. The minimum absolute atomic E-state index is 0.716. The van der Waals surface area contributed by atoms with Gasteiger partial charge in [0, 0.05) is 13.1 Å². The van der Waals surface area contributed by atoms with E-state index in [0.29, 0.717) is 5.92 Å². The van der Waals surface area contributed by atoms with Crippen molar-refractivity contribution in [2.45, 2.75) is 19.3 Å². The molecule has 0 aliphatic carbocycles. The second kappa shape index (κ2) is 5.20. The van der Waals surface area contributed by atoms with E-state index < -0.39 is 0 Å². The first kappa shape index (κ1) is 11.9. The number of rotatable bonds is 3. The van der Waals surface area contributed by atoms with Crippen molar-refractivity contribution in [2.24, 2.45) is 11.7 Å². The number of hydrogen-bond acceptors (Lipinski definition) is 5. The quantitative estimate of drug-likeness (QED) is 0.922. The second-order valence-corrected chi connectivity index (χ2v) is 5.78. The Bertz CT molecular complexity index is 522. The van der Waals surface area contributed by atoms with E-state index in [-0.39, 0.29) is 0 Å². The highest BCUT2D eigenvalue weighted by Crippen LogP contribution is 2.31. The molecule has 5 heteroatoms. The number of piperidine rings is 1. The van der Waals surface area contributed by atoms with Gasteiger partial charge < -0.3 is 10.6 Å². The van der Waals surface area contributed by atoms with E-state index in [0.717, 1.165) is 37.4 Å². The number of thiophene rings is 1. The van der Waals surface area contributed by atoms with Crippen LogP contribution in [0.2, 0.25) is 0 Å². The van der Waals surface area contributed by atoms with Gasteiger partial charge in [-0.1, -0.05) is 0 Å². The number of hydrogen-bond donors (Lipinski definition) is 1. The van der Waals surface area contributed by atoms with E-state index in [2.05, 4.69) is 26.3 Å². The van der Waals surface area contributed by atoms with Crippen LogP contribution in [0.25, 0.3) is 10.2 Å². The number of nitrogens with two attached hydrogens (primary N) is 1. The number of anilines is 1. The summed E-state index contributed by atoms with van der Waals surface area (Å²) in [6.45, 7) is 2.98. The Morgan fingerprint density at radius 2 is 2.39 bits per heavy atom. The van der Waals surface area contributed by atoms with Gasteiger partial charge in [0.1, 0.15) is 12.1 Å². The largest absolute Gasteiger partial charge is 0.355 e. The summed E-state index contributed by atoms with van der Waals surface area (Å²) in [7, 11) is 0. The third-order valence-electron chi connectivity index (χ3n) is 3.62. The van der Waals surface area contributed by atoms with Crippen molar-refractivity contribution in [2.75, 3.05) is 24.5 Å². The topological polar surface area (TPSA) is 55.0 Å². The summed E-state index contributed by atoms with van der Waals surface area (Å²) < 4.78 is 1.21. The molecule has 2 aromatic rings. The van der Waals surface area contributed by atoms with E-state index in [1.807, 2.05) is 0 Å². The second-order valence-electron chi connectivity index (χ2n) is 4.86. The molecule has 0 saturated carbocycles. The molecular formula is C13H18N4S. The van der Waals surface area contributed by atoms with Crippen molar-refractivity contribution in [1.82, 2.24) is 9.97 Å². The highest BCUT2D eigenvalue weighted by molar-refractivity contribution is 7.17. The summed E-state index contributed by atoms with van der Waals surface area (Å²) in [5.74, 6) is 1.82.